The van der Waals surface area contributed by atoms with Gasteiger partial charge in [0, 0.05) is 18.7 Å². The minimum absolute atomic E-state index is 0.0613. The van der Waals surface area contributed by atoms with E-state index in [9.17, 15) is 9.59 Å². The Labute approximate surface area is 117 Å². The maximum Gasteiger partial charge on any atom is 0.320 e. The Morgan fingerprint density at radius 2 is 2.10 bits per heavy atom. The van der Waals surface area contributed by atoms with Crippen LogP contribution in [0.2, 0.25) is 0 Å². The fraction of sp³-hybridized carbons (Fsp3) is 0.667. The Kier molecular flexibility index (Phi) is 6.10. The van der Waals surface area contributed by atoms with E-state index >= 15 is 0 Å². The van der Waals surface area contributed by atoms with Crippen LogP contribution in [0.3, 0.4) is 0 Å². The highest BCUT2D eigenvalue weighted by atomic mass is 16.4. The van der Waals surface area contributed by atoms with Gasteiger partial charge in [-0.05, 0) is 12.8 Å². The van der Waals surface area contributed by atoms with Gasteiger partial charge in [-0.15, -0.1) is 5.10 Å². The number of amides is 1. The molecule has 0 aromatic carbocycles. The predicted octanol–water partition coefficient (Wildman–Crippen LogP) is -0.463. The molecule has 0 radical (unpaired) electrons. The molecule has 0 bridgehead atoms. The van der Waals surface area contributed by atoms with E-state index in [0.29, 0.717) is 5.69 Å². The minimum Gasteiger partial charge on any atom is -0.480 e. The molecule has 4 N–H and O–H groups in total. The highest BCUT2D eigenvalue weighted by molar-refractivity contribution is 5.76. The van der Waals surface area contributed by atoms with Gasteiger partial charge in [0.25, 0.3) is 0 Å². The molecule has 1 unspecified atom stereocenters. The van der Waals surface area contributed by atoms with E-state index in [1.165, 1.54) is 10.9 Å². The summed E-state index contributed by atoms with van der Waals surface area (Å²) in [5.41, 5.74) is 5.86. The lowest BCUT2D eigenvalue weighted by Gasteiger charge is -2.14. The summed E-state index contributed by atoms with van der Waals surface area (Å²) in [5.74, 6) is -1.23. The molecular weight excluding hydrogens is 262 g/mol. The first kappa shape index (κ1) is 16.1. The number of aliphatic carboxylic acids is 1. The Morgan fingerprint density at radius 1 is 1.45 bits per heavy atom. The van der Waals surface area contributed by atoms with Crippen LogP contribution in [0.5, 0.6) is 0 Å². The SMILES string of the molecule is CCC(CC)NC(=O)Cn1cc(CC(N)C(=O)O)nn1. The molecule has 112 valence electrons. The number of carbonyl (C=O) groups excluding carboxylic acids is 1. The van der Waals surface area contributed by atoms with Gasteiger partial charge in [-0.3, -0.25) is 9.59 Å². The minimum atomic E-state index is -1.09. The molecule has 0 saturated heterocycles. The molecule has 1 amide bonds. The van der Waals surface area contributed by atoms with Crippen LogP contribution in [0.15, 0.2) is 6.20 Å². The zero-order chi connectivity index (χ0) is 15.1. The summed E-state index contributed by atoms with van der Waals surface area (Å²) in [5, 5.41) is 19.2. The van der Waals surface area contributed by atoms with Gasteiger partial charge >= 0.3 is 5.97 Å². The van der Waals surface area contributed by atoms with Crippen molar-refractivity contribution in [1.82, 2.24) is 20.3 Å². The van der Waals surface area contributed by atoms with Crippen LogP contribution in [0.25, 0.3) is 0 Å². The van der Waals surface area contributed by atoms with Crippen molar-refractivity contribution in [2.75, 3.05) is 0 Å². The van der Waals surface area contributed by atoms with Crippen molar-refractivity contribution in [3.63, 3.8) is 0 Å². The standard InChI is InChI=1S/C12H21N5O3/c1-3-8(4-2)14-11(18)7-17-6-9(15-16-17)5-10(13)12(19)20/h6,8,10H,3-5,7,13H2,1-2H3,(H,14,18)(H,19,20). The predicted molar refractivity (Wildman–Crippen MR) is 71.8 cm³/mol. The second kappa shape index (κ2) is 7.59. The summed E-state index contributed by atoms with van der Waals surface area (Å²) in [4.78, 5) is 22.4. The molecule has 0 aliphatic rings. The van der Waals surface area contributed by atoms with Gasteiger partial charge in [0.2, 0.25) is 5.91 Å². The number of carboxylic acids is 1. The lowest BCUT2D eigenvalue weighted by molar-refractivity contribution is -0.138. The van der Waals surface area contributed by atoms with Crippen molar-refractivity contribution in [1.29, 1.82) is 0 Å². The molecule has 1 heterocycles. The summed E-state index contributed by atoms with van der Waals surface area (Å²) in [6, 6.07) is -0.857. The number of rotatable bonds is 8. The van der Waals surface area contributed by atoms with Crippen molar-refractivity contribution in [2.45, 2.75) is 51.7 Å². The van der Waals surface area contributed by atoms with Crippen molar-refractivity contribution in [2.24, 2.45) is 5.73 Å². The van der Waals surface area contributed by atoms with E-state index in [1.54, 1.807) is 0 Å². The summed E-state index contributed by atoms with van der Waals surface area (Å²) in [7, 11) is 0. The third-order valence-electron chi connectivity index (χ3n) is 2.99. The number of aromatic nitrogens is 3. The highest BCUT2D eigenvalue weighted by Gasteiger charge is 2.15. The number of hydrogen-bond acceptors (Lipinski definition) is 5. The van der Waals surface area contributed by atoms with Gasteiger partial charge in [-0.25, -0.2) is 4.68 Å². The molecule has 1 rings (SSSR count). The number of hydrogen-bond donors (Lipinski definition) is 3. The summed E-state index contributed by atoms with van der Waals surface area (Å²) in [6.45, 7) is 4.08. The maximum absolute atomic E-state index is 11.8. The third-order valence-corrected chi connectivity index (χ3v) is 2.99. The molecule has 0 aliphatic heterocycles. The summed E-state index contributed by atoms with van der Waals surface area (Å²) < 4.78 is 1.38. The van der Waals surface area contributed by atoms with E-state index in [1.807, 2.05) is 13.8 Å². The van der Waals surface area contributed by atoms with Gasteiger partial charge in [-0.1, -0.05) is 19.1 Å². The zero-order valence-electron chi connectivity index (χ0n) is 11.7. The second-order valence-corrected chi connectivity index (χ2v) is 4.64. The van der Waals surface area contributed by atoms with Gasteiger partial charge < -0.3 is 16.2 Å². The number of carbonyl (C=O) groups is 2. The quantitative estimate of drug-likeness (QED) is 0.593. The molecular formula is C12H21N5O3. The van der Waals surface area contributed by atoms with Crippen molar-refractivity contribution in [3.05, 3.63) is 11.9 Å². The lowest BCUT2D eigenvalue weighted by Crippen LogP contribution is -2.36. The van der Waals surface area contributed by atoms with E-state index in [4.69, 9.17) is 10.8 Å². The molecule has 0 fully saturated rings. The van der Waals surface area contributed by atoms with E-state index in [2.05, 4.69) is 15.6 Å². The molecule has 1 aromatic heterocycles. The first-order valence-electron chi connectivity index (χ1n) is 6.63. The highest BCUT2D eigenvalue weighted by Crippen LogP contribution is 1.99. The van der Waals surface area contributed by atoms with Crippen LogP contribution < -0.4 is 11.1 Å². The third kappa shape index (κ3) is 4.96. The smallest absolute Gasteiger partial charge is 0.320 e. The fourth-order valence-corrected chi connectivity index (χ4v) is 1.74. The monoisotopic (exact) mass is 283 g/mol. The summed E-state index contributed by atoms with van der Waals surface area (Å²) >= 11 is 0. The number of carboxylic acid groups (broad SMARTS) is 1. The zero-order valence-corrected chi connectivity index (χ0v) is 11.7. The van der Waals surface area contributed by atoms with Crippen LogP contribution in [0, 0.1) is 0 Å². The number of nitrogens with one attached hydrogen (secondary N) is 1. The molecule has 20 heavy (non-hydrogen) atoms. The fourth-order valence-electron chi connectivity index (χ4n) is 1.74. The average Bonchev–Trinajstić information content (AvgIpc) is 2.82. The van der Waals surface area contributed by atoms with Crippen LogP contribution in [0.4, 0.5) is 0 Å². The Balaban J connectivity index is 2.51. The molecule has 0 aliphatic carbocycles. The van der Waals surface area contributed by atoms with Crippen LogP contribution >= 0.6 is 0 Å². The largest absolute Gasteiger partial charge is 0.480 e. The van der Waals surface area contributed by atoms with Crippen LogP contribution in [-0.2, 0) is 22.6 Å². The molecule has 8 heteroatoms. The second-order valence-electron chi connectivity index (χ2n) is 4.64. The normalized spacial score (nSPS) is 12.4. The molecule has 0 spiro atoms. The molecule has 8 nitrogen and oxygen atoms in total. The maximum atomic E-state index is 11.8. The van der Waals surface area contributed by atoms with Crippen molar-refractivity contribution in [3.8, 4) is 0 Å². The molecule has 1 atom stereocenters. The molecule has 0 saturated carbocycles. The Hall–Kier alpha value is -1.96. The average molecular weight is 283 g/mol. The van der Waals surface area contributed by atoms with E-state index < -0.39 is 12.0 Å². The van der Waals surface area contributed by atoms with Gasteiger partial charge in [0.15, 0.2) is 0 Å². The van der Waals surface area contributed by atoms with Gasteiger partial charge in [0.1, 0.15) is 12.6 Å². The Bertz CT molecular complexity index is 456. The number of nitrogens with zero attached hydrogens (tertiary/aromatic N) is 3. The lowest BCUT2D eigenvalue weighted by atomic mass is 10.2. The van der Waals surface area contributed by atoms with Crippen LogP contribution in [-0.4, -0.2) is 44.1 Å². The van der Waals surface area contributed by atoms with Gasteiger partial charge in [-0.2, -0.15) is 0 Å². The van der Waals surface area contributed by atoms with Crippen molar-refractivity contribution >= 4 is 11.9 Å². The first-order chi connectivity index (χ1) is 9.46. The topological polar surface area (TPSA) is 123 Å². The summed E-state index contributed by atoms with van der Waals surface area (Å²) in [6.07, 6.45) is 3.37. The molecule has 1 aromatic rings. The van der Waals surface area contributed by atoms with Crippen molar-refractivity contribution < 1.29 is 14.7 Å². The first-order valence-corrected chi connectivity index (χ1v) is 6.63. The van der Waals surface area contributed by atoms with Crippen LogP contribution in [0.1, 0.15) is 32.4 Å². The van der Waals surface area contributed by atoms with E-state index in [0.717, 1.165) is 12.8 Å². The number of nitrogens with two attached hydrogens (primary N) is 1. The van der Waals surface area contributed by atoms with E-state index in [-0.39, 0.29) is 24.9 Å². The Morgan fingerprint density at radius 3 is 2.65 bits per heavy atom. The van der Waals surface area contributed by atoms with Gasteiger partial charge in [0.05, 0.1) is 5.69 Å².